The molecule has 1 spiro atoms. The Balaban J connectivity index is 1.10. The molecule has 40 heavy (non-hydrogen) atoms. The molecule has 13 heteroatoms. The minimum Gasteiger partial charge on any atom is -0.439 e. The van der Waals surface area contributed by atoms with Gasteiger partial charge in [-0.25, -0.2) is 9.78 Å². The summed E-state index contributed by atoms with van der Waals surface area (Å²) in [6, 6.07) is 11.3. The van der Waals surface area contributed by atoms with E-state index in [0.717, 1.165) is 49.8 Å². The summed E-state index contributed by atoms with van der Waals surface area (Å²) in [4.78, 5) is 23.2. The molecular formula is C27H24F6N4O3. The average molecular weight is 567 g/mol. The lowest BCUT2D eigenvalue weighted by Gasteiger charge is -2.54. The van der Waals surface area contributed by atoms with E-state index in [0.29, 0.717) is 31.6 Å². The van der Waals surface area contributed by atoms with Crippen molar-refractivity contribution < 1.29 is 40.6 Å². The summed E-state index contributed by atoms with van der Waals surface area (Å²) < 4.78 is 88.1. The first-order valence-electron chi connectivity index (χ1n) is 12.4. The summed E-state index contributed by atoms with van der Waals surface area (Å²) in [5.74, 6) is -0.0307. The second-order valence-corrected chi connectivity index (χ2v) is 10.0. The predicted molar refractivity (Wildman–Crippen MR) is 130 cm³/mol. The van der Waals surface area contributed by atoms with E-state index in [1.807, 2.05) is 6.07 Å². The summed E-state index contributed by atoms with van der Waals surface area (Å²) in [5, 5.41) is 0. The summed E-state index contributed by atoms with van der Waals surface area (Å²) in [5.41, 5.74) is -1.06. The molecule has 2 aliphatic heterocycles. The molecule has 0 unspecified atom stereocenters. The number of rotatable bonds is 5. The van der Waals surface area contributed by atoms with Gasteiger partial charge in [0.1, 0.15) is 11.4 Å². The van der Waals surface area contributed by atoms with Crippen LogP contribution in [0.4, 0.5) is 31.1 Å². The quantitative estimate of drug-likeness (QED) is 0.333. The smallest absolute Gasteiger partial charge is 0.433 e. The van der Waals surface area contributed by atoms with E-state index in [9.17, 15) is 31.1 Å². The number of benzene rings is 1. The highest BCUT2D eigenvalue weighted by atomic mass is 19.4. The standard InChI is InChI=1S/C27H24F6N4O3/c28-26(29,30)19-12-21(14-34-13-19)40-24(38)37-9-7-25(8-10-37)16-36(17-25)15-18-3-1-4-20(11-18)39-23-6-2-5-22(35-23)27(31,32)33/h1-6,11-14H,7-10,15-17H2. The number of nitrogens with zero attached hydrogens (tertiary/aromatic N) is 4. The lowest BCUT2D eigenvalue weighted by Crippen LogP contribution is -2.60. The Morgan fingerprint density at radius 1 is 0.900 bits per heavy atom. The summed E-state index contributed by atoms with van der Waals surface area (Å²) in [6.45, 7) is 3.06. The van der Waals surface area contributed by atoms with Crippen molar-refractivity contribution in [1.29, 1.82) is 0 Å². The fourth-order valence-corrected chi connectivity index (χ4v) is 5.00. The molecule has 2 fully saturated rings. The fraction of sp³-hybridized carbons (Fsp3) is 0.370. The van der Waals surface area contributed by atoms with Crippen LogP contribution >= 0.6 is 0 Å². The van der Waals surface area contributed by atoms with Crippen LogP contribution in [-0.2, 0) is 18.9 Å². The molecule has 0 N–H and O–H groups in total. The number of piperidine rings is 1. The molecule has 5 rings (SSSR count). The van der Waals surface area contributed by atoms with Gasteiger partial charge in [-0.05, 0) is 48.1 Å². The molecule has 2 aromatic heterocycles. The average Bonchev–Trinajstić information content (AvgIpc) is 2.88. The molecule has 0 aliphatic carbocycles. The maximum atomic E-state index is 12.9. The Morgan fingerprint density at radius 3 is 2.33 bits per heavy atom. The van der Waals surface area contributed by atoms with Crippen LogP contribution in [0.2, 0.25) is 0 Å². The highest BCUT2D eigenvalue weighted by molar-refractivity contribution is 5.70. The van der Waals surface area contributed by atoms with Crippen molar-refractivity contribution in [1.82, 2.24) is 19.8 Å². The van der Waals surface area contributed by atoms with Gasteiger partial charge in [0, 0.05) is 45.0 Å². The van der Waals surface area contributed by atoms with Gasteiger partial charge in [-0.3, -0.25) is 9.88 Å². The maximum Gasteiger partial charge on any atom is 0.433 e. The molecule has 0 atom stereocenters. The summed E-state index contributed by atoms with van der Waals surface area (Å²) >= 11 is 0. The number of ether oxygens (including phenoxy) is 2. The molecule has 212 valence electrons. The maximum absolute atomic E-state index is 12.9. The SMILES string of the molecule is O=C(Oc1cncc(C(F)(F)F)c1)N1CCC2(CC1)CN(Cc1cccc(Oc3cccc(C(F)(F)F)n3)c1)C2. The first-order chi connectivity index (χ1) is 18.9. The molecule has 7 nitrogen and oxygen atoms in total. The number of alkyl halides is 6. The van der Waals surface area contributed by atoms with Gasteiger partial charge in [-0.2, -0.15) is 26.3 Å². The zero-order valence-electron chi connectivity index (χ0n) is 21.0. The largest absolute Gasteiger partial charge is 0.439 e. The van der Waals surface area contributed by atoms with Crippen LogP contribution in [0.25, 0.3) is 0 Å². The van der Waals surface area contributed by atoms with Crippen molar-refractivity contribution in [3.8, 4) is 17.4 Å². The number of hydrogen-bond donors (Lipinski definition) is 0. The number of likely N-dealkylation sites (tertiary alicyclic amines) is 2. The highest BCUT2D eigenvalue weighted by Gasteiger charge is 2.45. The number of carbonyl (C=O) groups is 1. The Bertz CT molecular complexity index is 1360. The molecule has 0 radical (unpaired) electrons. The Hall–Kier alpha value is -3.87. The van der Waals surface area contributed by atoms with Crippen LogP contribution in [0.1, 0.15) is 29.7 Å². The molecule has 2 saturated heterocycles. The van der Waals surface area contributed by atoms with Crippen molar-refractivity contribution in [3.63, 3.8) is 0 Å². The van der Waals surface area contributed by atoms with Gasteiger partial charge in [0.05, 0.1) is 11.8 Å². The van der Waals surface area contributed by atoms with Crippen molar-refractivity contribution in [2.75, 3.05) is 26.2 Å². The molecule has 0 saturated carbocycles. The highest BCUT2D eigenvalue weighted by Crippen LogP contribution is 2.41. The van der Waals surface area contributed by atoms with Crippen LogP contribution in [0, 0.1) is 5.41 Å². The first kappa shape index (κ1) is 27.7. The zero-order valence-corrected chi connectivity index (χ0v) is 21.0. The van der Waals surface area contributed by atoms with E-state index in [2.05, 4.69) is 14.9 Å². The second-order valence-electron chi connectivity index (χ2n) is 10.0. The number of amides is 1. The molecular weight excluding hydrogens is 542 g/mol. The lowest BCUT2D eigenvalue weighted by atomic mass is 9.72. The first-order valence-corrected chi connectivity index (χ1v) is 12.4. The lowest BCUT2D eigenvalue weighted by molar-refractivity contribution is -0.141. The van der Waals surface area contributed by atoms with E-state index < -0.39 is 29.7 Å². The monoisotopic (exact) mass is 566 g/mol. The third kappa shape index (κ3) is 6.46. The van der Waals surface area contributed by atoms with Gasteiger partial charge in [-0.15, -0.1) is 0 Å². The van der Waals surface area contributed by atoms with Crippen LogP contribution < -0.4 is 9.47 Å². The van der Waals surface area contributed by atoms with E-state index in [1.165, 1.54) is 17.0 Å². The molecule has 1 aromatic carbocycles. The second kappa shape index (κ2) is 10.6. The third-order valence-corrected chi connectivity index (χ3v) is 6.99. The van der Waals surface area contributed by atoms with Crippen LogP contribution in [0.3, 0.4) is 0 Å². The molecule has 3 aromatic rings. The van der Waals surface area contributed by atoms with Crippen LogP contribution in [-0.4, -0.2) is 52.0 Å². The van der Waals surface area contributed by atoms with Crippen molar-refractivity contribution >= 4 is 6.09 Å². The van der Waals surface area contributed by atoms with Gasteiger partial charge in [0.15, 0.2) is 5.75 Å². The number of aromatic nitrogens is 2. The molecule has 0 bridgehead atoms. The number of halogens is 6. The van der Waals surface area contributed by atoms with Crippen molar-refractivity contribution in [2.45, 2.75) is 31.7 Å². The summed E-state index contributed by atoms with van der Waals surface area (Å²) in [6.07, 6.45) is -6.67. The minimum absolute atomic E-state index is 0.0323. The Kier molecular flexibility index (Phi) is 7.34. The summed E-state index contributed by atoms with van der Waals surface area (Å²) in [7, 11) is 0. The van der Waals surface area contributed by atoms with E-state index >= 15 is 0 Å². The van der Waals surface area contributed by atoms with Gasteiger partial charge in [0.2, 0.25) is 5.88 Å². The predicted octanol–water partition coefficient (Wildman–Crippen LogP) is 6.40. The number of pyridine rings is 2. The van der Waals surface area contributed by atoms with Gasteiger partial charge in [-0.1, -0.05) is 18.2 Å². The third-order valence-electron chi connectivity index (χ3n) is 6.99. The van der Waals surface area contributed by atoms with E-state index in [4.69, 9.17) is 9.47 Å². The van der Waals surface area contributed by atoms with Crippen LogP contribution in [0.5, 0.6) is 17.4 Å². The topological polar surface area (TPSA) is 67.8 Å². The van der Waals surface area contributed by atoms with Gasteiger partial charge < -0.3 is 14.4 Å². The van der Waals surface area contributed by atoms with Crippen LogP contribution in [0.15, 0.2) is 60.9 Å². The van der Waals surface area contributed by atoms with E-state index in [-0.39, 0.29) is 17.0 Å². The molecule has 4 heterocycles. The van der Waals surface area contributed by atoms with Crippen molar-refractivity contribution in [3.05, 3.63) is 77.7 Å². The van der Waals surface area contributed by atoms with Crippen molar-refractivity contribution in [2.24, 2.45) is 5.41 Å². The Morgan fingerprint density at radius 2 is 1.62 bits per heavy atom. The number of carbonyl (C=O) groups excluding carboxylic acids is 1. The number of hydrogen-bond acceptors (Lipinski definition) is 6. The zero-order chi connectivity index (χ0) is 28.5. The molecule has 2 aliphatic rings. The Labute approximate surface area is 225 Å². The van der Waals surface area contributed by atoms with Gasteiger partial charge in [0.25, 0.3) is 0 Å². The van der Waals surface area contributed by atoms with Gasteiger partial charge >= 0.3 is 18.4 Å². The molecule has 1 amide bonds. The fourth-order valence-electron chi connectivity index (χ4n) is 5.00. The normalized spacial score (nSPS) is 17.4. The minimum atomic E-state index is -4.59. The van der Waals surface area contributed by atoms with E-state index in [1.54, 1.807) is 18.2 Å².